The number of amides is 1. The molecule has 0 saturated carbocycles. The molecule has 42 heavy (non-hydrogen) atoms. The number of rotatable bonds is 9. The molecule has 0 spiro atoms. The van der Waals surface area contributed by atoms with Crippen molar-refractivity contribution in [3.8, 4) is 0 Å². The molecule has 1 aliphatic rings. The molecule has 0 atom stereocenters. The first kappa shape index (κ1) is 30.4. The van der Waals surface area contributed by atoms with Crippen LogP contribution in [0.4, 0.5) is 0 Å². The Bertz CT molecular complexity index is 1620. The van der Waals surface area contributed by atoms with E-state index in [2.05, 4.69) is 37.8 Å². The van der Waals surface area contributed by atoms with Gasteiger partial charge in [-0.3, -0.25) is 14.5 Å². The lowest BCUT2D eigenvalue weighted by Crippen LogP contribution is -2.44. The van der Waals surface area contributed by atoms with Crippen LogP contribution in [-0.4, -0.2) is 47.8 Å². The highest BCUT2D eigenvalue weighted by atomic mass is 127. The first-order chi connectivity index (χ1) is 20.3. The van der Waals surface area contributed by atoms with Crippen LogP contribution >= 0.6 is 45.8 Å². The average molecular weight is 714 g/mol. The van der Waals surface area contributed by atoms with E-state index in [0.717, 1.165) is 58.2 Å². The van der Waals surface area contributed by atoms with Gasteiger partial charge in [-0.15, -0.1) is 0 Å². The predicted molar refractivity (Wildman–Crippen MR) is 178 cm³/mol. The van der Waals surface area contributed by atoms with Gasteiger partial charge in [-0.25, -0.2) is 0 Å². The molecule has 1 aromatic heterocycles. The Hall–Kier alpha value is -3.11. The van der Waals surface area contributed by atoms with E-state index < -0.39 is 0 Å². The highest BCUT2D eigenvalue weighted by Crippen LogP contribution is 2.28. The van der Waals surface area contributed by atoms with Crippen molar-refractivity contribution in [3.63, 3.8) is 0 Å². The molecular formula is C33H30Cl2IN3O3. The van der Waals surface area contributed by atoms with Crippen LogP contribution in [0.15, 0.2) is 84.6 Å². The Morgan fingerprint density at radius 3 is 2.48 bits per heavy atom. The minimum Gasteiger partial charge on any atom is -0.491 e. The van der Waals surface area contributed by atoms with E-state index in [-0.39, 0.29) is 23.5 Å². The minimum absolute atomic E-state index is 0.0326. The summed E-state index contributed by atoms with van der Waals surface area (Å²) in [5.74, 6) is 0.0464. The number of nitrogens with one attached hydrogen (secondary N) is 2. The number of fused-ring (bicyclic) bond motifs is 1. The van der Waals surface area contributed by atoms with E-state index in [1.54, 1.807) is 18.2 Å². The first-order valence-electron chi connectivity index (χ1n) is 13.6. The Kier molecular flexibility index (Phi) is 10.1. The number of methoxy groups -OCH3 is 1. The lowest BCUT2D eigenvalue weighted by Gasteiger charge is -2.32. The number of piperidine rings is 1. The van der Waals surface area contributed by atoms with Crippen molar-refractivity contribution in [3.05, 3.63) is 121 Å². The van der Waals surface area contributed by atoms with Gasteiger partial charge in [0.05, 0.1) is 17.2 Å². The number of nitrogens with zero attached hydrogens (tertiary/aromatic N) is 1. The molecule has 0 bridgehead atoms. The number of benzene rings is 3. The molecule has 4 aromatic rings. The number of halogens is 3. The van der Waals surface area contributed by atoms with Crippen LogP contribution in [-0.2, 0) is 16.1 Å². The molecule has 216 valence electrons. The molecule has 2 heterocycles. The van der Waals surface area contributed by atoms with Gasteiger partial charge in [-0.05, 0) is 83.5 Å². The predicted octanol–water partition coefficient (Wildman–Crippen LogP) is 7.63. The van der Waals surface area contributed by atoms with Crippen molar-refractivity contribution in [1.29, 1.82) is 0 Å². The smallest absolute Gasteiger partial charge is 0.286 e. The van der Waals surface area contributed by atoms with Gasteiger partial charge in [-0.2, -0.15) is 0 Å². The number of aromatic amines is 1. The van der Waals surface area contributed by atoms with Crippen molar-refractivity contribution >= 4 is 74.5 Å². The quantitative estimate of drug-likeness (QED) is 0.0615. The monoisotopic (exact) mass is 713 g/mol. The number of H-pyrrole nitrogens is 1. The number of ether oxygens (including phenoxy) is 1. The normalized spacial score (nSPS) is 14.9. The summed E-state index contributed by atoms with van der Waals surface area (Å²) in [6, 6.07) is 21.1. The molecular weight excluding hydrogens is 684 g/mol. The van der Waals surface area contributed by atoms with Crippen molar-refractivity contribution in [2.45, 2.75) is 25.4 Å². The fraction of sp³-hybridized carbons (Fsp3) is 0.212. The van der Waals surface area contributed by atoms with E-state index >= 15 is 0 Å². The number of likely N-dealkylation sites (tertiary alicyclic amines) is 1. The number of carbonyl (C=O) groups excluding carboxylic acids is 2. The molecule has 0 unspecified atom stereocenters. The van der Waals surface area contributed by atoms with Gasteiger partial charge in [0.25, 0.3) is 5.91 Å². The molecule has 1 fully saturated rings. The lowest BCUT2D eigenvalue weighted by atomic mass is 10.0. The second-order valence-electron chi connectivity index (χ2n) is 10.2. The largest absolute Gasteiger partial charge is 0.491 e. The first-order valence-corrected chi connectivity index (χ1v) is 15.4. The Labute approximate surface area is 268 Å². The summed E-state index contributed by atoms with van der Waals surface area (Å²) in [5, 5.41) is 5.06. The van der Waals surface area contributed by atoms with Gasteiger partial charge in [-0.1, -0.05) is 65.7 Å². The number of hydrogen-bond acceptors (Lipinski definition) is 4. The highest BCUT2D eigenvalue weighted by molar-refractivity contribution is 14.1. The maximum Gasteiger partial charge on any atom is 0.286 e. The number of ketones is 1. The molecule has 1 aliphatic heterocycles. The maximum atomic E-state index is 12.9. The second-order valence-corrected chi connectivity index (χ2v) is 12.3. The van der Waals surface area contributed by atoms with Crippen LogP contribution in [0.25, 0.3) is 17.0 Å². The van der Waals surface area contributed by atoms with Gasteiger partial charge >= 0.3 is 0 Å². The fourth-order valence-electron chi connectivity index (χ4n) is 5.02. The zero-order valence-corrected chi connectivity index (χ0v) is 26.7. The topological polar surface area (TPSA) is 74.4 Å². The third-order valence-electron chi connectivity index (χ3n) is 7.28. The van der Waals surface area contributed by atoms with E-state index in [1.807, 2.05) is 66.7 Å². The third-order valence-corrected chi connectivity index (χ3v) is 8.67. The van der Waals surface area contributed by atoms with Crippen LogP contribution in [0.3, 0.4) is 0 Å². The molecule has 5 rings (SSSR count). The summed E-state index contributed by atoms with van der Waals surface area (Å²) in [6.07, 6.45) is 6.98. The van der Waals surface area contributed by atoms with E-state index in [1.165, 1.54) is 7.11 Å². The van der Waals surface area contributed by atoms with Gasteiger partial charge in [0.15, 0.2) is 11.5 Å². The molecule has 6 nitrogen and oxygen atoms in total. The maximum absolute atomic E-state index is 12.9. The number of hydrogen-bond donors (Lipinski definition) is 2. The zero-order valence-electron chi connectivity index (χ0n) is 23.0. The molecule has 3 aromatic carbocycles. The molecule has 0 radical (unpaired) electrons. The van der Waals surface area contributed by atoms with E-state index in [9.17, 15) is 9.59 Å². The van der Waals surface area contributed by atoms with E-state index in [4.69, 9.17) is 27.9 Å². The molecule has 1 saturated heterocycles. The van der Waals surface area contributed by atoms with Crippen molar-refractivity contribution in [2.75, 3.05) is 20.2 Å². The van der Waals surface area contributed by atoms with E-state index in [0.29, 0.717) is 21.2 Å². The summed E-state index contributed by atoms with van der Waals surface area (Å²) in [5.41, 5.74) is 4.29. The van der Waals surface area contributed by atoms with Crippen LogP contribution in [0.1, 0.15) is 40.0 Å². The van der Waals surface area contributed by atoms with Crippen molar-refractivity contribution in [1.82, 2.24) is 15.2 Å². The summed E-state index contributed by atoms with van der Waals surface area (Å²) in [4.78, 5) is 31.3. The third kappa shape index (κ3) is 7.64. The SMILES string of the molecule is COC(=CC=Cc1cc2cc(Cl)c(Cl)cc2[nH]1)C(=O)NC1CCN(Cc2ccc(C(=O)c3cccc(I)c3)cc2)CC1. The Balaban J connectivity index is 1.10. The number of carbonyl (C=O) groups is 2. The van der Waals surface area contributed by atoms with Gasteiger partial charge in [0, 0.05) is 57.0 Å². The lowest BCUT2D eigenvalue weighted by molar-refractivity contribution is -0.121. The Morgan fingerprint density at radius 2 is 1.76 bits per heavy atom. The second kappa shape index (κ2) is 13.9. The highest BCUT2D eigenvalue weighted by Gasteiger charge is 2.22. The van der Waals surface area contributed by atoms with Crippen molar-refractivity contribution in [2.24, 2.45) is 0 Å². The average Bonchev–Trinajstić information content (AvgIpc) is 3.37. The van der Waals surface area contributed by atoms with Crippen molar-refractivity contribution < 1.29 is 14.3 Å². The summed E-state index contributed by atoms with van der Waals surface area (Å²) >= 11 is 14.4. The minimum atomic E-state index is -0.232. The summed E-state index contributed by atoms with van der Waals surface area (Å²) in [7, 11) is 1.49. The van der Waals surface area contributed by atoms with Crippen LogP contribution in [0.2, 0.25) is 10.0 Å². The molecule has 2 N–H and O–H groups in total. The summed E-state index contributed by atoms with van der Waals surface area (Å²) in [6.45, 7) is 2.54. The van der Waals surface area contributed by atoms with Gasteiger partial charge in [0.2, 0.25) is 0 Å². The zero-order chi connectivity index (χ0) is 29.6. The van der Waals surface area contributed by atoms with Crippen LogP contribution in [0.5, 0.6) is 0 Å². The number of aromatic nitrogens is 1. The fourth-order valence-corrected chi connectivity index (χ4v) is 5.90. The molecule has 0 aliphatic carbocycles. The Morgan fingerprint density at radius 1 is 1.02 bits per heavy atom. The van der Waals surface area contributed by atoms with Crippen LogP contribution in [0, 0.1) is 3.57 Å². The molecule has 9 heteroatoms. The van der Waals surface area contributed by atoms with Crippen LogP contribution < -0.4 is 5.32 Å². The summed E-state index contributed by atoms with van der Waals surface area (Å²) < 4.78 is 6.40. The van der Waals surface area contributed by atoms with Gasteiger partial charge < -0.3 is 15.0 Å². The standard InChI is InChI=1S/C33H30Cl2IN3O3/c1-42-31(7-3-6-27-17-24-18-28(34)29(35)19-30(24)37-27)33(41)38-26-12-14-39(15-13-26)20-21-8-10-22(11-9-21)32(40)23-4-2-5-25(36)16-23/h2-11,16-19,26,37H,12-15,20H2,1H3,(H,38,41). The van der Waals surface area contributed by atoms with Gasteiger partial charge in [0.1, 0.15) is 0 Å². The molecule has 1 amide bonds. The number of allylic oxidation sites excluding steroid dienone is 2.